The fourth-order valence-electron chi connectivity index (χ4n) is 3.03. The number of hydrogen-bond acceptors (Lipinski definition) is 8. The molecule has 7 nitrogen and oxygen atoms in total. The summed E-state index contributed by atoms with van der Waals surface area (Å²) in [6.45, 7) is 2.72. The number of benzene rings is 2. The summed E-state index contributed by atoms with van der Waals surface area (Å²) in [5.41, 5.74) is 1.94. The Balaban J connectivity index is 1.32. The molecule has 0 unspecified atom stereocenters. The van der Waals surface area contributed by atoms with Gasteiger partial charge in [0, 0.05) is 34.2 Å². The van der Waals surface area contributed by atoms with Gasteiger partial charge in [0.15, 0.2) is 18.1 Å². The smallest absolute Gasteiger partial charge is 0.339 e. The van der Waals surface area contributed by atoms with E-state index in [0.717, 1.165) is 22.0 Å². The van der Waals surface area contributed by atoms with Gasteiger partial charge in [-0.05, 0) is 31.2 Å². The van der Waals surface area contributed by atoms with E-state index >= 15 is 0 Å². The normalized spacial score (nSPS) is 12.7. The average molecular weight is 471 g/mol. The number of fused-ring (bicyclic) bond motifs is 1. The lowest BCUT2D eigenvalue weighted by Gasteiger charge is -2.11. The van der Waals surface area contributed by atoms with E-state index in [1.165, 1.54) is 11.8 Å². The maximum Gasteiger partial charge on any atom is 0.339 e. The third-order valence-electron chi connectivity index (χ3n) is 4.51. The summed E-state index contributed by atoms with van der Waals surface area (Å²) in [6, 6.07) is 12.4. The summed E-state index contributed by atoms with van der Waals surface area (Å²) >= 11 is 3.11. The summed E-state index contributed by atoms with van der Waals surface area (Å²) in [7, 11) is 0. The van der Waals surface area contributed by atoms with Crippen molar-refractivity contribution in [2.24, 2.45) is 0 Å². The van der Waals surface area contributed by atoms with E-state index in [2.05, 4.69) is 10.3 Å². The molecule has 0 saturated carbocycles. The molecule has 1 N–H and O–H groups in total. The molecule has 0 fully saturated rings. The van der Waals surface area contributed by atoms with E-state index in [9.17, 15) is 9.59 Å². The van der Waals surface area contributed by atoms with Crippen LogP contribution >= 0.6 is 23.1 Å². The molecule has 0 spiro atoms. The van der Waals surface area contributed by atoms with Crippen molar-refractivity contribution in [3.8, 4) is 11.5 Å². The summed E-state index contributed by atoms with van der Waals surface area (Å²) < 4.78 is 16.5. The van der Waals surface area contributed by atoms with Crippen LogP contribution in [0.5, 0.6) is 11.5 Å². The first-order valence-electron chi connectivity index (χ1n) is 10.1. The second kappa shape index (κ2) is 10.5. The molecule has 0 atom stereocenters. The van der Waals surface area contributed by atoms with Gasteiger partial charge in [-0.2, -0.15) is 0 Å². The number of rotatable bonds is 7. The molecule has 32 heavy (non-hydrogen) atoms. The molecule has 166 valence electrons. The predicted molar refractivity (Wildman–Crippen MR) is 124 cm³/mol. The van der Waals surface area contributed by atoms with Gasteiger partial charge in [-0.25, -0.2) is 9.78 Å². The predicted octanol–water partition coefficient (Wildman–Crippen LogP) is 4.70. The van der Waals surface area contributed by atoms with Crippen LogP contribution in [-0.4, -0.2) is 36.7 Å². The van der Waals surface area contributed by atoms with Crippen molar-refractivity contribution in [1.29, 1.82) is 0 Å². The Morgan fingerprint density at radius 2 is 1.97 bits per heavy atom. The van der Waals surface area contributed by atoms with Crippen LogP contribution in [0.25, 0.3) is 0 Å². The molecule has 4 rings (SSSR count). The molecular weight excluding hydrogens is 448 g/mol. The Labute approximate surface area is 194 Å². The van der Waals surface area contributed by atoms with Crippen LogP contribution in [-0.2, 0) is 15.3 Å². The van der Waals surface area contributed by atoms with Gasteiger partial charge in [-0.3, -0.25) is 4.79 Å². The number of hydrogen-bond donors (Lipinski definition) is 1. The van der Waals surface area contributed by atoms with Crippen molar-refractivity contribution in [1.82, 2.24) is 4.98 Å². The van der Waals surface area contributed by atoms with E-state index in [1.54, 1.807) is 41.7 Å². The van der Waals surface area contributed by atoms with Crippen molar-refractivity contribution < 1.29 is 23.8 Å². The third-order valence-corrected chi connectivity index (χ3v) is 6.44. The molecule has 1 aromatic heterocycles. The van der Waals surface area contributed by atoms with Crippen molar-refractivity contribution in [2.75, 3.05) is 25.1 Å². The van der Waals surface area contributed by atoms with Crippen molar-refractivity contribution in [3.05, 3.63) is 64.1 Å². The lowest BCUT2D eigenvalue weighted by atomic mass is 10.2. The number of nitrogens with one attached hydrogen (secondary N) is 1. The molecule has 1 aliphatic rings. The number of aryl methyl sites for hydroxylation is 1. The monoisotopic (exact) mass is 470 g/mol. The number of thiazole rings is 1. The number of anilines is 1. The Morgan fingerprint density at radius 1 is 1.16 bits per heavy atom. The highest BCUT2D eigenvalue weighted by Gasteiger charge is 2.16. The van der Waals surface area contributed by atoms with Gasteiger partial charge in [-0.1, -0.05) is 12.1 Å². The fourth-order valence-corrected chi connectivity index (χ4v) is 4.69. The third kappa shape index (κ3) is 5.80. The summed E-state index contributed by atoms with van der Waals surface area (Å²) in [5.74, 6) is 0.902. The lowest BCUT2D eigenvalue weighted by Crippen LogP contribution is -2.21. The van der Waals surface area contributed by atoms with Gasteiger partial charge in [0.25, 0.3) is 5.91 Å². The molecule has 0 bridgehead atoms. The molecule has 9 heteroatoms. The molecule has 1 amide bonds. The number of carbonyl (C=O) groups excluding carboxylic acids is 2. The molecule has 0 aliphatic carbocycles. The molecule has 0 radical (unpaired) electrons. The van der Waals surface area contributed by atoms with Gasteiger partial charge >= 0.3 is 5.97 Å². The zero-order chi connectivity index (χ0) is 22.3. The minimum atomic E-state index is -0.545. The number of esters is 1. The maximum atomic E-state index is 12.6. The van der Waals surface area contributed by atoms with Crippen LogP contribution in [0.15, 0.2) is 52.7 Å². The van der Waals surface area contributed by atoms with Crippen molar-refractivity contribution in [3.63, 3.8) is 0 Å². The Bertz CT molecular complexity index is 1120. The summed E-state index contributed by atoms with van der Waals surface area (Å²) in [6.07, 6.45) is 0.801. The number of carbonyl (C=O) groups is 2. The van der Waals surface area contributed by atoms with E-state index in [0.29, 0.717) is 41.7 Å². The van der Waals surface area contributed by atoms with E-state index in [-0.39, 0.29) is 0 Å². The first-order chi connectivity index (χ1) is 15.6. The van der Waals surface area contributed by atoms with Gasteiger partial charge in [0.05, 0.1) is 29.5 Å². The van der Waals surface area contributed by atoms with Crippen LogP contribution in [0.3, 0.4) is 0 Å². The number of amides is 1. The topological polar surface area (TPSA) is 86.8 Å². The quantitative estimate of drug-likeness (QED) is 0.396. The highest BCUT2D eigenvalue weighted by molar-refractivity contribution is 7.98. The fraction of sp³-hybridized carbons (Fsp3) is 0.261. The molecule has 2 heterocycles. The summed E-state index contributed by atoms with van der Waals surface area (Å²) in [4.78, 5) is 30.1. The lowest BCUT2D eigenvalue weighted by molar-refractivity contribution is -0.119. The highest BCUT2D eigenvalue weighted by Crippen LogP contribution is 2.32. The van der Waals surface area contributed by atoms with Crippen LogP contribution in [0.4, 0.5) is 5.69 Å². The largest absolute Gasteiger partial charge is 0.490 e. The van der Waals surface area contributed by atoms with Crippen molar-refractivity contribution >= 4 is 40.7 Å². The average Bonchev–Trinajstić information content (AvgIpc) is 3.07. The van der Waals surface area contributed by atoms with E-state index < -0.39 is 18.5 Å². The molecular formula is C23H22N2O5S2. The standard InChI is InChI=1S/C23H22N2O5S2/c1-15-24-17(13-31-15)14-32-21-6-3-2-5-18(21)23(27)30-12-22(26)25-16-7-8-19-20(11-16)29-10-4-9-28-19/h2-3,5-8,11,13H,4,9-10,12,14H2,1H3,(H,25,26). The molecule has 3 aromatic rings. The second-order valence-electron chi connectivity index (χ2n) is 6.98. The number of nitrogens with zero attached hydrogens (tertiary/aromatic N) is 1. The second-order valence-corrected chi connectivity index (χ2v) is 9.06. The van der Waals surface area contributed by atoms with Gasteiger partial charge in [0.2, 0.25) is 0 Å². The first-order valence-corrected chi connectivity index (χ1v) is 11.9. The molecule has 0 saturated heterocycles. The van der Waals surface area contributed by atoms with Gasteiger partial charge < -0.3 is 19.5 Å². The minimum Gasteiger partial charge on any atom is -0.490 e. The maximum absolute atomic E-state index is 12.6. The van der Waals surface area contributed by atoms with Crippen LogP contribution in [0.1, 0.15) is 27.5 Å². The number of thioether (sulfide) groups is 1. The van der Waals surface area contributed by atoms with E-state index in [1.807, 2.05) is 24.4 Å². The van der Waals surface area contributed by atoms with Crippen LogP contribution in [0.2, 0.25) is 0 Å². The Hall–Kier alpha value is -3.04. The highest BCUT2D eigenvalue weighted by atomic mass is 32.2. The molecule has 2 aromatic carbocycles. The SMILES string of the molecule is Cc1nc(CSc2ccccc2C(=O)OCC(=O)Nc2ccc3c(c2)OCCCO3)cs1. The number of ether oxygens (including phenoxy) is 3. The Morgan fingerprint density at radius 3 is 2.78 bits per heavy atom. The van der Waals surface area contributed by atoms with E-state index in [4.69, 9.17) is 14.2 Å². The Kier molecular flexibility index (Phi) is 7.28. The zero-order valence-corrected chi connectivity index (χ0v) is 19.1. The van der Waals surface area contributed by atoms with Gasteiger partial charge in [0.1, 0.15) is 0 Å². The van der Waals surface area contributed by atoms with Crippen LogP contribution in [0, 0.1) is 6.92 Å². The first kappa shape index (κ1) is 22.2. The molecule has 1 aliphatic heterocycles. The van der Waals surface area contributed by atoms with Crippen molar-refractivity contribution in [2.45, 2.75) is 24.0 Å². The number of aromatic nitrogens is 1. The zero-order valence-electron chi connectivity index (χ0n) is 17.5. The minimum absolute atomic E-state index is 0.391. The van der Waals surface area contributed by atoms with Crippen LogP contribution < -0.4 is 14.8 Å². The summed E-state index contributed by atoms with van der Waals surface area (Å²) in [5, 5.41) is 5.73. The van der Waals surface area contributed by atoms with Gasteiger partial charge in [-0.15, -0.1) is 23.1 Å².